The fourth-order valence-corrected chi connectivity index (χ4v) is 1.74. The average molecular weight is 229 g/mol. The maximum atomic E-state index is 11.8. The van der Waals surface area contributed by atoms with Crippen LogP contribution in [0, 0.1) is 0 Å². The van der Waals surface area contributed by atoms with Gasteiger partial charge in [0, 0.05) is 19.1 Å². The molecule has 0 aromatic carbocycles. The van der Waals surface area contributed by atoms with E-state index in [4.69, 9.17) is 10.5 Å². The summed E-state index contributed by atoms with van der Waals surface area (Å²) in [5.74, 6) is 0.00579. The third-order valence-corrected chi connectivity index (χ3v) is 2.78. The zero-order valence-electron chi connectivity index (χ0n) is 10.00. The van der Waals surface area contributed by atoms with E-state index < -0.39 is 0 Å². The van der Waals surface area contributed by atoms with Gasteiger partial charge in [-0.25, -0.2) is 0 Å². The molecule has 0 saturated carbocycles. The second-order valence-corrected chi connectivity index (χ2v) is 4.17. The number of carbonyl (C=O) groups is 1. The van der Waals surface area contributed by atoms with Crippen LogP contribution in [-0.2, 0) is 9.53 Å². The molecule has 1 heterocycles. The summed E-state index contributed by atoms with van der Waals surface area (Å²) in [7, 11) is 0. The SMILES string of the molecule is CCCCC(CN)NC(=O)C1COCCN1. The van der Waals surface area contributed by atoms with Gasteiger partial charge in [-0.1, -0.05) is 19.8 Å². The Balaban J connectivity index is 2.29. The normalized spacial score (nSPS) is 22.8. The molecule has 4 N–H and O–H groups in total. The molecule has 0 aromatic rings. The monoisotopic (exact) mass is 229 g/mol. The Morgan fingerprint density at radius 2 is 2.50 bits per heavy atom. The topological polar surface area (TPSA) is 76.4 Å². The van der Waals surface area contributed by atoms with E-state index in [2.05, 4.69) is 17.6 Å². The molecule has 0 aliphatic carbocycles. The quantitative estimate of drug-likeness (QED) is 0.580. The van der Waals surface area contributed by atoms with Gasteiger partial charge in [0.1, 0.15) is 6.04 Å². The van der Waals surface area contributed by atoms with Gasteiger partial charge >= 0.3 is 0 Å². The predicted molar refractivity (Wildman–Crippen MR) is 63.1 cm³/mol. The predicted octanol–water partition coefficient (Wildman–Crippen LogP) is -0.391. The van der Waals surface area contributed by atoms with Crippen molar-refractivity contribution in [2.75, 3.05) is 26.3 Å². The first-order valence-electron chi connectivity index (χ1n) is 6.09. The lowest BCUT2D eigenvalue weighted by molar-refractivity contribution is -0.126. The van der Waals surface area contributed by atoms with Gasteiger partial charge < -0.3 is 21.1 Å². The van der Waals surface area contributed by atoms with Crippen molar-refractivity contribution in [2.45, 2.75) is 38.3 Å². The molecule has 5 heteroatoms. The average Bonchev–Trinajstić information content (AvgIpc) is 2.35. The molecule has 1 fully saturated rings. The maximum Gasteiger partial charge on any atom is 0.239 e. The minimum atomic E-state index is -0.218. The van der Waals surface area contributed by atoms with Crippen molar-refractivity contribution < 1.29 is 9.53 Å². The minimum absolute atomic E-state index is 0.00579. The van der Waals surface area contributed by atoms with E-state index in [1.165, 1.54) is 0 Å². The molecule has 0 spiro atoms. The highest BCUT2D eigenvalue weighted by atomic mass is 16.5. The Morgan fingerprint density at radius 1 is 1.69 bits per heavy atom. The summed E-state index contributed by atoms with van der Waals surface area (Å²) in [5.41, 5.74) is 5.63. The van der Waals surface area contributed by atoms with Crippen LogP contribution in [0.4, 0.5) is 0 Å². The molecule has 2 atom stereocenters. The highest BCUT2D eigenvalue weighted by Gasteiger charge is 2.22. The molecule has 1 aliphatic heterocycles. The Kier molecular flexibility index (Phi) is 6.37. The fraction of sp³-hybridized carbons (Fsp3) is 0.909. The number of morpholine rings is 1. The summed E-state index contributed by atoms with van der Waals surface area (Å²) in [6.45, 7) is 4.50. The molecular formula is C11H23N3O2. The number of hydrogen-bond acceptors (Lipinski definition) is 4. The number of rotatable bonds is 6. The largest absolute Gasteiger partial charge is 0.378 e. The summed E-state index contributed by atoms with van der Waals surface area (Å²) < 4.78 is 5.24. The Labute approximate surface area is 97.1 Å². The lowest BCUT2D eigenvalue weighted by Crippen LogP contribution is -2.54. The number of nitrogens with two attached hydrogens (primary N) is 1. The van der Waals surface area contributed by atoms with Crippen molar-refractivity contribution in [2.24, 2.45) is 5.73 Å². The van der Waals surface area contributed by atoms with Crippen LogP contribution in [0.5, 0.6) is 0 Å². The number of hydrogen-bond donors (Lipinski definition) is 3. The highest BCUT2D eigenvalue weighted by Crippen LogP contribution is 2.01. The van der Waals surface area contributed by atoms with Gasteiger partial charge in [0.15, 0.2) is 0 Å². The van der Waals surface area contributed by atoms with Gasteiger partial charge in [0.25, 0.3) is 0 Å². The minimum Gasteiger partial charge on any atom is -0.378 e. The summed E-state index contributed by atoms with van der Waals surface area (Å²) in [6.07, 6.45) is 3.17. The standard InChI is InChI=1S/C11H23N3O2/c1-2-3-4-9(7-12)14-11(15)10-8-16-6-5-13-10/h9-10,13H,2-8,12H2,1H3,(H,14,15). The van der Waals surface area contributed by atoms with E-state index >= 15 is 0 Å². The van der Waals surface area contributed by atoms with Gasteiger partial charge in [-0.05, 0) is 6.42 Å². The molecule has 2 unspecified atom stereocenters. The van der Waals surface area contributed by atoms with E-state index in [-0.39, 0.29) is 18.0 Å². The molecule has 0 bridgehead atoms. The molecule has 94 valence electrons. The zero-order valence-corrected chi connectivity index (χ0v) is 10.00. The molecule has 1 aliphatic rings. The lowest BCUT2D eigenvalue weighted by atomic mass is 10.1. The maximum absolute atomic E-state index is 11.8. The summed E-state index contributed by atoms with van der Waals surface area (Å²) >= 11 is 0. The van der Waals surface area contributed by atoms with Crippen LogP contribution in [-0.4, -0.2) is 44.3 Å². The first-order valence-corrected chi connectivity index (χ1v) is 6.09. The summed E-state index contributed by atoms with van der Waals surface area (Å²) in [4.78, 5) is 11.8. The number of amides is 1. The second kappa shape index (κ2) is 7.60. The molecule has 1 amide bonds. The Hall–Kier alpha value is -0.650. The molecule has 5 nitrogen and oxygen atoms in total. The van der Waals surface area contributed by atoms with E-state index in [0.29, 0.717) is 19.8 Å². The van der Waals surface area contributed by atoms with Gasteiger partial charge in [-0.2, -0.15) is 0 Å². The van der Waals surface area contributed by atoms with Crippen molar-refractivity contribution in [3.05, 3.63) is 0 Å². The number of carbonyl (C=O) groups excluding carboxylic acids is 1. The van der Waals surface area contributed by atoms with Gasteiger partial charge in [-0.3, -0.25) is 4.79 Å². The molecule has 0 radical (unpaired) electrons. The highest BCUT2D eigenvalue weighted by molar-refractivity contribution is 5.82. The van der Waals surface area contributed by atoms with Crippen LogP contribution in [0.2, 0.25) is 0 Å². The smallest absolute Gasteiger partial charge is 0.239 e. The molecule has 1 rings (SSSR count). The van der Waals surface area contributed by atoms with Crippen LogP contribution in [0.25, 0.3) is 0 Å². The van der Waals surface area contributed by atoms with E-state index in [1.807, 2.05) is 0 Å². The van der Waals surface area contributed by atoms with Crippen LogP contribution < -0.4 is 16.4 Å². The third kappa shape index (κ3) is 4.47. The summed E-state index contributed by atoms with van der Waals surface area (Å²) in [6, 6.07) is -0.124. The third-order valence-electron chi connectivity index (χ3n) is 2.78. The molecule has 1 saturated heterocycles. The van der Waals surface area contributed by atoms with Gasteiger partial charge in [0.05, 0.1) is 13.2 Å². The fourth-order valence-electron chi connectivity index (χ4n) is 1.74. The van der Waals surface area contributed by atoms with Crippen LogP contribution in [0.3, 0.4) is 0 Å². The second-order valence-electron chi connectivity index (χ2n) is 4.17. The van der Waals surface area contributed by atoms with Crippen molar-refractivity contribution in [3.63, 3.8) is 0 Å². The van der Waals surface area contributed by atoms with Crippen LogP contribution in [0.1, 0.15) is 26.2 Å². The van der Waals surface area contributed by atoms with E-state index in [0.717, 1.165) is 25.8 Å². The summed E-state index contributed by atoms with van der Waals surface area (Å²) in [5, 5.41) is 6.09. The molecule has 0 aromatic heterocycles. The Bertz CT molecular complexity index is 205. The first-order chi connectivity index (χ1) is 7.77. The van der Waals surface area contributed by atoms with Crippen molar-refractivity contribution in [1.29, 1.82) is 0 Å². The van der Waals surface area contributed by atoms with Crippen molar-refractivity contribution >= 4 is 5.91 Å². The molecular weight excluding hydrogens is 206 g/mol. The van der Waals surface area contributed by atoms with Crippen LogP contribution in [0.15, 0.2) is 0 Å². The van der Waals surface area contributed by atoms with Crippen molar-refractivity contribution in [1.82, 2.24) is 10.6 Å². The first kappa shape index (κ1) is 13.4. The number of ether oxygens (including phenoxy) is 1. The number of nitrogens with one attached hydrogen (secondary N) is 2. The molecule has 16 heavy (non-hydrogen) atoms. The Morgan fingerprint density at radius 3 is 3.06 bits per heavy atom. The van der Waals surface area contributed by atoms with Crippen molar-refractivity contribution in [3.8, 4) is 0 Å². The van der Waals surface area contributed by atoms with E-state index in [1.54, 1.807) is 0 Å². The lowest BCUT2D eigenvalue weighted by Gasteiger charge is -2.25. The van der Waals surface area contributed by atoms with Gasteiger partial charge in [0.2, 0.25) is 5.91 Å². The van der Waals surface area contributed by atoms with Crippen LogP contribution >= 0.6 is 0 Å². The van der Waals surface area contributed by atoms with E-state index in [9.17, 15) is 4.79 Å². The van der Waals surface area contributed by atoms with Gasteiger partial charge in [-0.15, -0.1) is 0 Å². The zero-order chi connectivity index (χ0) is 11.8. The number of unbranched alkanes of at least 4 members (excludes halogenated alkanes) is 1.